The van der Waals surface area contributed by atoms with Crippen LogP contribution in [0.3, 0.4) is 0 Å². The molecule has 0 bridgehead atoms. The Hall–Kier alpha value is -6.35. The number of anilines is 5. The Labute approximate surface area is 379 Å². The van der Waals surface area contributed by atoms with Gasteiger partial charge >= 0.3 is 0 Å². The molecule has 314 valence electrons. The third-order valence-electron chi connectivity index (χ3n) is 12.6. The smallest absolute Gasteiger partial charge is 0.0881 e. The summed E-state index contributed by atoms with van der Waals surface area (Å²) >= 11 is 7.66. The van der Waals surface area contributed by atoms with Crippen LogP contribution < -0.4 is 10.2 Å². The quantitative estimate of drug-likeness (QED) is 0.161. The van der Waals surface area contributed by atoms with E-state index in [1.807, 2.05) is 0 Å². The first-order valence-electron chi connectivity index (χ1n) is 22.2. The normalized spacial score (nSPS) is 12.3. The van der Waals surface area contributed by atoms with Crippen LogP contribution in [0.2, 0.25) is 5.02 Å². The van der Waals surface area contributed by atoms with E-state index in [0.29, 0.717) is 5.02 Å². The summed E-state index contributed by atoms with van der Waals surface area (Å²) in [5.41, 5.74) is 13.3. The average molecular weight is 842 g/mol. The van der Waals surface area contributed by atoms with Gasteiger partial charge in [-0.2, -0.15) is 0 Å². The van der Waals surface area contributed by atoms with Crippen LogP contribution in [0.4, 0.5) is 28.4 Å². The summed E-state index contributed by atoms with van der Waals surface area (Å²) in [6, 6.07) is 64.5. The first-order chi connectivity index (χ1) is 30.0. The molecule has 63 heavy (non-hydrogen) atoms. The lowest BCUT2D eigenvalue weighted by Gasteiger charge is -2.31. The van der Waals surface area contributed by atoms with Gasteiger partial charge in [0.05, 0.1) is 22.1 Å². The number of nitrogens with zero attached hydrogens (tertiary/aromatic N) is 1. The maximum atomic E-state index is 7.66. The van der Waals surface area contributed by atoms with Crippen LogP contribution >= 0.6 is 11.6 Å². The van der Waals surface area contributed by atoms with Gasteiger partial charge in [-0.1, -0.05) is 195 Å². The lowest BCUT2D eigenvalue weighted by Crippen LogP contribution is -2.15. The zero-order chi connectivity index (χ0) is 44.3. The zero-order valence-corrected chi connectivity index (χ0v) is 38.8. The van der Waals surface area contributed by atoms with Crippen LogP contribution in [0.5, 0.6) is 0 Å². The number of rotatable bonds is 7. The van der Waals surface area contributed by atoms with Crippen molar-refractivity contribution >= 4 is 72.4 Å². The van der Waals surface area contributed by atoms with Crippen molar-refractivity contribution in [3.05, 3.63) is 198 Å². The van der Waals surface area contributed by atoms with E-state index in [0.717, 1.165) is 45.1 Å². The number of hydrogen-bond acceptors (Lipinski definition) is 2. The van der Waals surface area contributed by atoms with Crippen molar-refractivity contribution in [3.8, 4) is 22.3 Å². The molecule has 0 aliphatic rings. The molecule has 9 aromatic carbocycles. The Bertz CT molecular complexity index is 3100. The highest BCUT2D eigenvalue weighted by atomic mass is 35.5. The number of benzene rings is 9. The Morgan fingerprint density at radius 3 is 1.46 bits per heavy atom. The Morgan fingerprint density at radius 1 is 0.381 bits per heavy atom. The molecule has 9 aromatic rings. The summed E-state index contributed by atoms with van der Waals surface area (Å²) in [6.45, 7) is 20.4. The molecule has 0 saturated heterocycles. The Balaban J connectivity index is 1.25. The fraction of sp³-hybridized carbons (Fsp3) is 0.200. The van der Waals surface area contributed by atoms with Gasteiger partial charge in [0.25, 0.3) is 0 Å². The molecule has 0 radical (unpaired) electrons. The summed E-state index contributed by atoms with van der Waals surface area (Å²) in [6.07, 6.45) is 0. The van der Waals surface area contributed by atoms with E-state index in [1.165, 1.54) is 54.6 Å². The monoisotopic (exact) mass is 840 g/mol. The van der Waals surface area contributed by atoms with Crippen molar-refractivity contribution in [2.45, 2.75) is 78.6 Å². The van der Waals surface area contributed by atoms with E-state index in [9.17, 15) is 0 Å². The largest absolute Gasteiger partial charge is 0.354 e. The first kappa shape index (κ1) is 42.0. The highest BCUT2D eigenvalue weighted by Gasteiger charge is 2.25. The molecule has 1 N–H and O–H groups in total. The van der Waals surface area contributed by atoms with Crippen LogP contribution in [0.15, 0.2) is 176 Å². The lowest BCUT2D eigenvalue weighted by molar-refractivity contribution is 0.590. The minimum Gasteiger partial charge on any atom is -0.354 e. The average Bonchev–Trinajstić information content (AvgIpc) is 3.27. The van der Waals surface area contributed by atoms with Crippen molar-refractivity contribution in [1.29, 1.82) is 0 Å². The molecule has 0 atom stereocenters. The molecule has 0 unspecified atom stereocenters. The van der Waals surface area contributed by atoms with E-state index in [2.05, 4.69) is 248 Å². The molecule has 0 spiro atoms. The van der Waals surface area contributed by atoms with Crippen molar-refractivity contribution in [2.24, 2.45) is 0 Å². The van der Waals surface area contributed by atoms with Crippen molar-refractivity contribution < 1.29 is 0 Å². The van der Waals surface area contributed by atoms with Gasteiger partial charge in [-0.15, -0.1) is 0 Å². The van der Waals surface area contributed by atoms with Gasteiger partial charge in [0.1, 0.15) is 0 Å². The minimum absolute atomic E-state index is 0.0126. The standard InChI is InChI=1S/C60H57ClN2/c1-58(2,3)42-29-24-39(25-30-42)40-26-32-46(33-27-40)63(56-23-15-22-54(57(56)61)62-45-17-14-16-43(37-45)59(4,5)6)55-35-31-44(60(7,8)9)38-52(55)41-28-34-51-49-20-11-10-18-47(49)48-19-12-13-21-50(48)53(51)36-41/h10-38,62H,1-9H3. The maximum Gasteiger partial charge on any atom is 0.0881 e. The van der Waals surface area contributed by atoms with Crippen molar-refractivity contribution in [1.82, 2.24) is 0 Å². The number of hydrogen-bond donors (Lipinski definition) is 1. The van der Waals surface area contributed by atoms with Crippen LogP contribution in [-0.2, 0) is 16.2 Å². The molecular weight excluding hydrogens is 784 g/mol. The second kappa shape index (κ2) is 16.1. The predicted octanol–water partition coefficient (Wildman–Crippen LogP) is 18.2. The summed E-state index contributed by atoms with van der Waals surface area (Å²) in [5.74, 6) is 0. The lowest BCUT2D eigenvalue weighted by atomic mass is 9.84. The van der Waals surface area contributed by atoms with E-state index < -0.39 is 0 Å². The molecule has 0 heterocycles. The SMILES string of the molecule is CC(C)(C)c1ccc(-c2ccc(N(c3ccc(C(C)(C)C)cc3-c3ccc4c5ccccc5c5ccccc5c4c3)c3cccc(Nc4cccc(C(C)(C)C)c4)c3Cl)cc2)cc1. The fourth-order valence-corrected chi connectivity index (χ4v) is 9.14. The molecule has 9 rings (SSSR count). The minimum atomic E-state index is -0.0783. The van der Waals surface area contributed by atoms with E-state index in [-0.39, 0.29) is 16.2 Å². The van der Waals surface area contributed by atoms with Crippen molar-refractivity contribution in [2.75, 3.05) is 10.2 Å². The highest BCUT2D eigenvalue weighted by Crippen LogP contribution is 2.48. The summed E-state index contributed by atoms with van der Waals surface area (Å²) in [5, 5.41) is 11.9. The van der Waals surface area contributed by atoms with Gasteiger partial charge < -0.3 is 10.2 Å². The third kappa shape index (κ3) is 8.21. The van der Waals surface area contributed by atoms with Crippen molar-refractivity contribution in [3.63, 3.8) is 0 Å². The second-order valence-electron chi connectivity index (χ2n) is 20.1. The molecular formula is C60H57ClN2. The maximum absolute atomic E-state index is 7.66. The van der Waals surface area contributed by atoms with Gasteiger partial charge in [0.2, 0.25) is 0 Å². The number of fused-ring (bicyclic) bond motifs is 6. The van der Waals surface area contributed by atoms with Gasteiger partial charge in [-0.05, 0) is 137 Å². The summed E-state index contributed by atoms with van der Waals surface area (Å²) in [7, 11) is 0. The second-order valence-corrected chi connectivity index (χ2v) is 20.5. The van der Waals surface area contributed by atoms with Gasteiger partial charge in [0.15, 0.2) is 0 Å². The van der Waals surface area contributed by atoms with Crippen LogP contribution in [0.25, 0.3) is 54.6 Å². The summed E-state index contributed by atoms with van der Waals surface area (Å²) < 4.78 is 0. The van der Waals surface area contributed by atoms with E-state index in [1.54, 1.807) is 0 Å². The third-order valence-corrected chi connectivity index (χ3v) is 13.0. The van der Waals surface area contributed by atoms with Gasteiger partial charge in [-0.25, -0.2) is 0 Å². The predicted molar refractivity (Wildman–Crippen MR) is 275 cm³/mol. The molecule has 0 saturated carbocycles. The van der Waals surface area contributed by atoms with Crippen LogP contribution in [0.1, 0.15) is 79.0 Å². The molecule has 0 aliphatic heterocycles. The number of halogens is 1. The van der Waals surface area contributed by atoms with E-state index >= 15 is 0 Å². The Morgan fingerprint density at radius 2 is 0.873 bits per heavy atom. The van der Waals surface area contributed by atoms with Gasteiger partial charge in [0, 0.05) is 16.9 Å². The molecule has 0 fully saturated rings. The topological polar surface area (TPSA) is 15.3 Å². The zero-order valence-electron chi connectivity index (χ0n) is 38.1. The molecule has 0 aromatic heterocycles. The van der Waals surface area contributed by atoms with Gasteiger partial charge in [-0.3, -0.25) is 0 Å². The first-order valence-corrected chi connectivity index (χ1v) is 22.6. The molecule has 2 nitrogen and oxygen atoms in total. The molecule has 0 aliphatic carbocycles. The Kier molecular flexibility index (Phi) is 10.7. The molecule has 3 heteroatoms. The molecule has 0 amide bonds. The van der Waals surface area contributed by atoms with Crippen LogP contribution in [0, 0.1) is 0 Å². The number of nitrogens with one attached hydrogen (secondary N) is 1. The van der Waals surface area contributed by atoms with E-state index in [4.69, 9.17) is 11.6 Å². The van der Waals surface area contributed by atoms with Crippen LogP contribution in [-0.4, -0.2) is 0 Å². The summed E-state index contributed by atoms with van der Waals surface area (Å²) in [4.78, 5) is 2.34. The fourth-order valence-electron chi connectivity index (χ4n) is 8.89. The highest BCUT2D eigenvalue weighted by molar-refractivity contribution is 6.36.